The van der Waals surface area contributed by atoms with Crippen LogP contribution in [0.3, 0.4) is 0 Å². The molecule has 0 aliphatic carbocycles. The van der Waals surface area contributed by atoms with E-state index in [9.17, 15) is 4.57 Å². The van der Waals surface area contributed by atoms with Gasteiger partial charge in [-0.1, -0.05) is 0 Å². The zero-order valence-electron chi connectivity index (χ0n) is 7.25. The van der Waals surface area contributed by atoms with Crippen molar-refractivity contribution >= 4 is 7.14 Å². The van der Waals surface area contributed by atoms with E-state index in [0.717, 1.165) is 25.2 Å². The molecule has 0 heterocycles. The molecule has 0 bridgehead atoms. The highest BCUT2D eigenvalue weighted by Crippen LogP contribution is 2.41. The van der Waals surface area contributed by atoms with Gasteiger partial charge in [-0.15, -0.1) is 0 Å². The normalized spacial score (nSPS) is 11.9. The van der Waals surface area contributed by atoms with Crippen LogP contribution in [-0.4, -0.2) is 32.1 Å². The zero-order valence-corrected chi connectivity index (χ0v) is 8.15. The monoisotopic (exact) mass is 178 g/mol. The lowest BCUT2D eigenvalue weighted by atomic mass is 10.5. The van der Waals surface area contributed by atoms with E-state index in [0.29, 0.717) is 13.1 Å². The van der Waals surface area contributed by atoms with Gasteiger partial charge in [-0.25, -0.2) is 0 Å². The highest BCUT2D eigenvalue weighted by molar-refractivity contribution is 7.63. The van der Waals surface area contributed by atoms with Gasteiger partial charge >= 0.3 is 0 Å². The molecule has 0 saturated carbocycles. The maximum atomic E-state index is 11.6. The van der Waals surface area contributed by atoms with Gasteiger partial charge in [-0.05, 0) is 32.6 Å². The standard InChI is InChI=1S/C7H19N2OP/c1-11(10,6-2-4-8)7-3-5-9/h2-9H2,1H3. The molecule has 0 saturated heterocycles. The molecule has 0 aliphatic heterocycles. The van der Waals surface area contributed by atoms with Crippen LogP contribution in [0.25, 0.3) is 0 Å². The Labute approximate surface area is 68.9 Å². The molecule has 0 aliphatic rings. The third-order valence-corrected chi connectivity index (χ3v) is 4.19. The van der Waals surface area contributed by atoms with E-state index in [2.05, 4.69) is 0 Å². The summed E-state index contributed by atoms with van der Waals surface area (Å²) in [5.41, 5.74) is 10.6. The largest absolute Gasteiger partial charge is 0.330 e. The predicted octanol–water partition coefficient (Wildman–Crippen LogP) is 0.677. The fraction of sp³-hybridized carbons (Fsp3) is 1.00. The Morgan fingerprint density at radius 2 is 1.45 bits per heavy atom. The van der Waals surface area contributed by atoms with E-state index in [1.54, 1.807) is 0 Å². The maximum absolute atomic E-state index is 11.6. The lowest BCUT2D eigenvalue weighted by Gasteiger charge is -2.10. The average molecular weight is 178 g/mol. The van der Waals surface area contributed by atoms with E-state index in [1.165, 1.54) is 0 Å². The molecule has 0 fully saturated rings. The molecule has 68 valence electrons. The molecule has 0 spiro atoms. The highest BCUT2D eigenvalue weighted by Gasteiger charge is 2.12. The number of nitrogens with two attached hydrogens (primary N) is 2. The van der Waals surface area contributed by atoms with Crippen LogP contribution in [0, 0.1) is 0 Å². The van der Waals surface area contributed by atoms with Crippen molar-refractivity contribution in [3.05, 3.63) is 0 Å². The molecule has 0 radical (unpaired) electrons. The Kier molecular flexibility index (Phi) is 5.83. The second-order valence-electron chi connectivity index (χ2n) is 3.03. The van der Waals surface area contributed by atoms with Crippen LogP contribution < -0.4 is 11.5 Å². The minimum atomic E-state index is -1.89. The summed E-state index contributed by atoms with van der Waals surface area (Å²) in [6, 6.07) is 0. The van der Waals surface area contributed by atoms with Crippen molar-refractivity contribution in [2.75, 3.05) is 32.1 Å². The topological polar surface area (TPSA) is 69.1 Å². The minimum Gasteiger partial charge on any atom is -0.330 e. The summed E-state index contributed by atoms with van der Waals surface area (Å²) in [4.78, 5) is 0. The van der Waals surface area contributed by atoms with Crippen LogP contribution in [0.1, 0.15) is 12.8 Å². The Morgan fingerprint density at radius 3 is 1.73 bits per heavy atom. The van der Waals surface area contributed by atoms with E-state index in [1.807, 2.05) is 6.66 Å². The summed E-state index contributed by atoms with van der Waals surface area (Å²) in [5.74, 6) is 0. The molecule has 0 amide bonds. The first-order valence-corrected chi connectivity index (χ1v) is 6.60. The lowest BCUT2D eigenvalue weighted by Crippen LogP contribution is -2.06. The SMILES string of the molecule is CP(=O)(CCCN)CCCN. The van der Waals surface area contributed by atoms with Crippen LogP contribution in [-0.2, 0) is 4.57 Å². The molecule has 11 heavy (non-hydrogen) atoms. The minimum absolute atomic E-state index is 0.639. The quantitative estimate of drug-likeness (QED) is 0.587. The third-order valence-electron chi connectivity index (χ3n) is 1.67. The average Bonchev–Trinajstić information content (AvgIpc) is 1.97. The number of hydrogen-bond acceptors (Lipinski definition) is 3. The van der Waals surface area contributed by atoms with Gasteiger partial charge in [0, 0.05) is 12.3 Å². The van der Waals surface area contributed by atoms with Crippen LogP contribution >= 0.6 is 7.14 Å². The molecule has 3 nitrogen and oxygen atoms in total. The lowest BCUT2D eigenvalue weighted by molar-refractivity contribution is 0.575. The Morgan fingerprint density at radius 1 is 1.09 bits per heavy atom. The van der Waals surface area contributed by atoms with Gasteiger partial charge in [0.25, 0.3) is 0 Å². The highest BCUT2D eigenvalue weighted by atomic mass is 31.2. The second-order valence-corrected chi connectivity index (χ2v) is 6.52. The van der Waals surface area contributed by atoms with Gasteiger partial charge in [0.1, 0.15) is 0 Å². The summed E-state index contributed by atoms with van der Waals surface area (Å²) in [6.07, 6.45) is 3.31. The van der Waals surface area contributed by atoms with E-state index >= 15 is 0 Å². The van der Waals surface area contributed by atoms with Crippen LogP contribution in [0.2, 0.25) is 0 Å². The first kappa shape index (κ1) is 11.2. The van der Waals surface area contributed by atoms with Crippen LogP contribution in [0.5, 0.6) is 0 Å². The van der Waals surface area contributed by atoms with E-state index in [4.69, 9.17) is 11.5 Å². The first-order valence-electron chi connectivity index (χ1n) is 4.08. The Hall–Kier alpha value is 0.150. The van der Waals surface area contributed by atoms with Gasteiger partial charge in [-0.2, -0.15) is 0 Å². The van der Waals surface area contributed by atoms with Gasteiger partial charge in [-0.3, -0.25) is 0 Å². The van der Waals surface area contributed by atoms with Crippen molar-refractivity contribution < 1.29 is 4.57 Å². The Balaban J connectivity index is 3.53. The van der Waals surface area contributed by atoms with Crippen molar-refractivity contribution in [1.29, 1.82) is 0 Å². The molecular formula is C7H19N2OP. The van der Waals surface area contributed by atoms with Gasteiger partial charge < -0.3 is 16.0 Å². The Bertz CT molecular complexity index is 126. The molecule has 0 unspecified atom stereocenters. The summed E-state index contributed by atoms with van der Waals surface area (Å²) in [7, 11) is -1.89. The zero-order chi connectivity index (χ0) is 8.74. The van der Waals surface area contributed by atoms with E-state index in [-0.39, 0.29) is 0 Å². The molecule has 0 atom stereocenters. The van der Waals surface area contributed by atoms with Crippen molar-refractivity contribution in [3.63, 3.8) is 0 Å². The predicted molar refractivity (Wildman–Crippen MR) is 50.6 cm³/mol. The second kappa shape index (κ2) is 5.76. The van der Waals surface area contributed by atoms with E-state index < -0.39 is 7.14 Å². The van der Waals surface area contributed by atoms with Crippen molar-refractivity contribution in [2.45, 2.75) is 12.8 Å². The van der Waals surface area contributed by atoms with Crippen molar-refractivity contribution in [3.8, 4) is 0 Å². The molecule has 4 heteroatoms. The van der Waals surface area contributed by atoms with Gasteiger partial charge in [0.2, 0.25) is 0 Å². The summed E-state index contributed by atoms with van der Waals surface area (Å²) < 4.78 is 11.6. The molecule has 0 aromatic carbocycles. The van der Waals surface area contributed by atoms with Gasteiger partial charge in [0.15, 0.2) is 0 Å². The summed E-state index contributed by atoms with van der Waals surface area (Å²) in [6.45, 7) is 3.12. The van der Waals surface area contributed by atoms with Crippen molar-refractivity contribution in [2.24, 2.45) is 11.5 Å². The summed E-state index contributed by atoms with van der Waals surface area (Å²) >= 11 is 0. The van der Waals surface area contributed by atoms with Crippen LogP contribution in [0.4, 0.5) is 0 Å². The van der Waals surface area contributed by atoms with Crippen LogP contribution in [0.15, 0.2) is 0 Å². The smallest absolute Gasteiger partial charge is 0.0849 e. The molecular weight excluding hydrogens is 159 g/mol. The van der Waals surface area contributed by atoms with Crippen molar-refractivity contribution in [1.82, 2.24) is 0 Å². The van der Waals surface area contributed by atoms with Gasteiger partial charge in [0.05, 0.1) is 7.14 Å². The summed E-state index contributed by atoms with van der Waals surface area (Å²) in [5, 5.41) is 0. The fourth-order valence-corrected chi connectivity index (χ4v) is 2.89. The number of rotatable bonds is 6. The molecule has 0 aromatic heterocycles. The third kappa shape index (κ3) is 6.54. The maximum Gasteiger partial charge on any atom is 0.0849 e. The first-order chi connectivity index (χ1) is 5.12. The molecule has 0 aromatic rings. The number of hydrogen-bond donors (Lipinski definition) is 2. The molecule has 0 rings (SSSR count). The fourth-order valence-electron chi connectivity index (χ4n) is 0.963. The molecule has 4 N–H and O–H groups in total.